The van der Waals surface area contributed by atoms with Crippen LogP contribution in [-0.2, 0) is 6.54 Å². The molecule has 2 heterocycles. The van der Waals surface area contributed by atoms with Crippen molar-refractivity contribution in [2.24, 2.45) is 5.73 Å². The standard InChI is InChI=1S/C17H14FN3O2/c1-2-21-12-7-3-6-11(18)13(12)16(22)14(17(19)23)15(21)10-5-4-8-20-9-10/h3-9H,2H2,1H3,(H2,19,23). The number of hydrogen-bond acceptors (Lipinski definition) is 3. The predicted octanol–water partition coefficient (Wildman–Crippen LogP) is 2.32. The Morgan fingerprint density at radius 2 is 2.09 bits per heavy atom. The van der Waals surface area contributed by atoms with E-state index in [-0.39, 0.29) is 10.9 Å². The molecule has 0 saturated carbocycles. The number of fused-ring (bicyclic) bond motifs is 1. The van der Waals surface area contributed by atoms with Crippen LogP contribution >= 0.6 is 0 Å². The molecule has 3 aromatic rings. The monoisotopic (exact) mass is 311 g/mol. The van der Waals surface area contributed by atoms with E-state index in [9.17, 15) is 14.0 Å². The van der Waals surface area contributed by atoms with E-state index in [1.165, 1.54) is 12.1 Å². The lowest BCUT2D eigenvalue weighted by molar-refractivity contribution is 0.0999. The molecule has 116 valence electrons. The molecule has 2 N–H and O–H groups in total. The average molecular weight is 311 g/mol. The third-order valence-corrected chi connectivity index (χ3v) is 3.74. The van der Waals surface area contributed by atoms with Crippen molar-refractivity contribution in [2.75, 3.05) is 0 Å². The number of carbonyl (C=O) groups is 1. The molecular weight excluding hydrogens is 297 g/mol. The van der Waals surface area contributed by atoms with Gasteiger partial charge in [-0.2, -0.15) is 0 Å². The largest absolute Gasteiger partial charge is 0.365 e. The minimum Gasteiger partial charge on any atom is -0.365 e. The Morgan fingerprint density at radius 3 is 2.70 bits per heavy atom. The molecule has 0 aliphatic carbocycles. The first-order chi connectivity index (χ1) is 11.1. The molecule has 0 radical (unpaired) electrons. The van der Waals surface area contributed by atoms with Crippen molar-refractivity contribution in [3.8, 4) is 11.3 Å². The molecule has 0 saturated heterocycles. The number of hydrogen-bond donors (Lipinski definition) is 1. The highest BCUT2D eigenvalue weighted by Gasteiger charge is 2.23. The zero-order chi connectivity index (χ0) is 16.6. The summed E-state index contributed by atoms with van der Waals surface area (Å²) in [5, 5.41) is -0.129. The molecule has 0 unspecified atom stereocenters. The highest BCUT2D eigenvalue weighted by Crippen LogP contribution is 2.26. The van der Waals surface area contributed by atoms with E-state index < -0.39 is 17.2 Å². The fourth-order valence-corrected chi connectivity index (χ4v) is 2.81. The van der Waals surface area contributed by atoms with Gasteiger partial charge in [-0.25, -0.2) is 4.39 Å². The van der Waals surface area contributed by atoms with Gasteiger partial charge < -0.3 is 10.3 Å². The summed E-state index contributed by atoms with van der Waals surface area (Å²) in [4.78, 5) is 28.6. The number of aryl methyl sites for hydroxylation is 1. The Kier molecular flexibility index (Phi) is 3.65. The number of carbonyl (C=O) groups excluding carboxylic acids is 1. The summed E-state index contributed by atoms with van der Waals surface area (Å²) in [5.41, 5.74) is 5.85. The normalized spacial score (nSPS) is 10.9. The van der Waals surface area contributed by atoms with Crippen LogP contribution in [0.4, 0.5) is 4.39 Å². The van der Waals surface area contributed by atoms with E-state index >= 15 is 0 Å². The Bertz CT molecular complexity index is 965. The van der Waals surface area contributed by atoms with Crippen molar-refractivity contribution in [1.29, 1.82) is 0 Å². The van der Waals surface area contributed by atoms with Crippen LogP contribution in [0.1, 0.15) is 17.3 Å². The van der Waals surface area contributed by atoms with Gasteiger partial charge in [0.2, 0.25) is 5.43 Å². The second-order valence-electron chi connectivity index (χ2n) is 5.04. The predicted molar refractivity (Wildman–Crippen MR) is 85.6 cm³/mol. The smallest absolute Gasteiger partial charge is 0.254 e. The van der Waals surface area contributed by atoms with Gasteiger partial charge in [-0.1, -0.05) is 6.07 Å². The zero-order valence-corrected chi connectivity index (χ0v) is 12.4. The van der Waals surface area contributed by atoms with Crippen LogP contribution in [0, 0.1) is 5.82 Å². The number of pyridine rings is 2. The number of amides is 1. The van der Waals surface area contributed by atoms with Gasteiger partial charge in [-0.3, -0.25) is 14.6 Å². The zero-order valence-electron chi connectivity index (χ0n) is 12.4. The summed E-state index contributed by atoms with van der Waals surface area (Å²) in [7, 11) is 0. The second kappa shape index (κ2) is 5.64. The summed E-state index contributed by atoms with van der Waals surface area (Å²) in [6, 6.07) is 7.79. The Balaban J connectivity index is 2.60. The minimum absolute atomic E-state index is 0.129. The quantitative estimate of drug-likeness (QED) is 0.806. The fourth-order valence-electron chi connectivity index (χ4n) is 2.81. The number of rotatable bonds is 3. The maximum atomic E-state index is 14.2. The number of nitrogens with two attached hydrogens (primary N) is 1. The third kappa shape index (κ3) is 2.28. The minimum atomic E-state index is -0.888. The van der Waals surface area contributed by atoms with Crippen molar-refractivity contribution < 1.29 is 9.18 Å². The van der Waals surface area contributed by atoms with Gasteiger partial charge in [0.05, 0.1) is 16.6 Å². The van der Waals surface area contributed by atoms with Crippen molar-refractivity contribution in [2.45, 2.75) is 13.5 Å². The number of halogens is 1. The molecule has 1 amide bonds. The first-order valence-corrected chi connectivity index (χ1v) is 7.11. The molecule has 0 atom stereocenters. The Labute approximate surface area is 131 Å². The number of aromatic nitrogens is 2. The van der Waals surface area contributed by atoms with E-state index in [4.69, 9.17) is 5.73 Å². The molecule has 5 nitrogen and oxygen atoms in total. The van der Waals surface area contributed by atoms with Crippen LogP contribution in [0.2, 0.25) is 0 Å². The molecule has 0 bridgehead atoms. The highest BCUT2D eigenvalue weighted by atomic mass is 19.1. The van der Waals surface area contributed by atoms with E-state index in [1.807, 2.05) is 6.92 Å². The molecule has 0 fully saturated rings. The van der Waals surface area contributed by atoms with E-state index in [2.05, 4.69) is 4.98 Å². The highest BCUT2D eigenvalue weighted by molar-refractivity contribution is 6.02. The SMILES string of the molecule is CCn1c(-c2cccnc2)c(C(N)=O)c(=O)c2c(F)cccc21. The number of nitrogens with zero attached hydrogens (tertiary/aromatic N) is 2. The molecule has 23 heavy (non-hydrogen) atoms. The average Bonchev–Trinajstić information content (AvgIpc) is 2.55. The molecule has 0 aliphatic rings. The van der Waals surface area contributed by atoms with Crippen molar-refractivity contribution in [3.05, 3.63) is 64.3 Å². The van der Waals surface area contributed by atoms with Gasteiger partial charge in [0.25, 0.3) is 5.91 Å². The van der Waals surface area contributed by atoms with Gasteiger partial charge >= 0.3 is 0 Å². The topological polar surface area (TPSA) is 78.0 Å². The van der Waals surface area contributed by atoms with Crippen LogP contribution in [-0.4, -0.2) is 15.5 Å². The molecule has 3 rings (SSSR count). The first-order valence-electron chi connectivity index (χ1n) is 7.11. The van der Waals surface area contributed by atoms with E-state index in [0.29, 0.717) is 23.3 Å². The summed E-state index contributed by atoms with van der Waals surface area (Å²) >= 11 is 0. The van der Waals surface area contributed by atoms with Gasteiger partial charge in [-0.15, -0.1) is 0 Å². The maximum absolute atomic E-state index is 14.2. The maximum Gasteiger partial charge on any atom is 0.254 e. The van der Waals surface area contributed by atoms with Crippen LogP contribution in [0.15, 0.2) is 47.5 Å². The summed E-state index contributed by atoms with van der Waals surface area (Å²) in [6.07, 6.45) is 3.13. The van der Waals surface area contributed by atoms with Crippen LogP contribution in [0.25, 0.3) is 22.2 Å². The van der Waals surface area contributed by atoms with Crippen molar-refractivity contribution >= 4 is 16.8 Å². The molecule has 2 aromatic heterocycles. The second-order valence-corrected chi connectivity index (χ2v) is 5.04. The van der Waals surface area contributed by atoms with Gasteiger partial charge in [0.15, 0.2) is 0 Å². The van der Waals surface area contributed by atoms with Crippen LogP contribution in [0.3, 0.4) is 0 Å². The van der Waals surface area contributed by atoms with E-state index in [1.54, 1.807) is 35.2 Å². The molecule has 1 aromatic carbocycles. The molecule has 0 spiro atoms. The van der Waals surface area contributed by atoms with Gasteiger partial charge in [-0.05, 0) is 31.2 Å². The lowest BCUT2D eigenvalue weighted by Crippen LogP contribution is -2.27. The van der Waals surface area contributed by atoms with Crippen LogP contribution < -0.4 is 11.2 Å². The molecule has 6 heteroatoms. The number of primary amides is 1. The lowest BCUT2D eigenvalue weighted by atomic mass is 10.0. The summed E-state index contributed by atoms with van der Waals surface area (Å²) in [6.45, 7) is 2.28. The van der Waals surface area contributed by atoms with Gasteiger partial charge in [0, 0.05) is 24.5 Å². The van der Waals surface area contributed by atoms with Crippen molar-refractivity contribution in [3.63, 3.8) is 0 Å². The van der Waals surface area contributed by atoms with Crippen LogP contribution in [0.5, 0.6) is 0 Å². The Morgan fingerprint density at radius 1 is 1.30 bits per heavy atom. The first kappa shape index (κ1) is 14.9. The summed E-state index contributed by atoms with van der Waals surface area (Å²) < 4.78 is 15.9. The van der Waals surface area contributed by atoms with Gasteiger partial charge in [0.1, 0.15) is 11.4 Å². The van der Waals surface area contributed by atoms with Crippen molar-refractivity contribution in [1.82, 2.24) is 9.55 Å². The van der Waals surface area contributed by atoms with E-state index in [0.717, 1.165) is 0 Å². The Hall–Kier alpha value is -3.02. The molecular formula is C17H14FN3O2. The summed E-state index contributed by atoms with van der Waals surface area (Å²) in [5.74, 6) is -1.56. The molecule has 0 aliphatic heterocycles. The lowest BCUT2D eigenvalue weighted by Gasteiger charge is -2.18. The number of benzene rings is 1. The third-order valence-electron chi connectivity index (χ3n) is 3.74. The fraction of sp³-hybridized carbons (Fsp3) is 0.118.